The number of nitrogens with two attached hydrogens (primary N) is 1. The molecule has 3 atom stereocenters. The van der Waals surface area contributed by atoms with E-state index in [2.05, 4.69) is 19.2 Å². The van der Waals surface area contributed by atoms with Gasteiger partial charge in [-0.3, -0.25) is 9.59 Å². The second-order valence-electron chi connectivity index (χ2n) is 6.07. The van der Waals surface area contributed by atoms with E-state index in [0.717, 1.165) is 19.4 Å². The zero-order valence-corrected chi connectivity index (χ0v) is 13.7. The van der Waals surface area contributed by atoms with E-state index in [1.807, 2.05) is 18.7 Å². The predicted octanol–water partition coefficient (Wildman–Crippen LogP) is 1.15. The van der Waals surface area contributed by atoms with Crippen molar-refractivity contribution in [1.82, 2.24) is 10.2 Å². The van der Waals surface area contributed by atoms with E-state index < -0.39 is 6.04 Å². The summed E-state index contributed by atoms with van der Waals surface area (Å²) in [6.07, 6.45) is 2.20. The SMILES string of the molecule is CC1CCC(C)N(C(=O)CNC(=O)[C@@H](N)C(C)C)C1.Cl. The van der Waals surface area contributed by atoms with Crippen molar-refractivity contribution in [2.75, 3.05) is 13.1 Å². The molecular formula is C14H28ClN3O2. The Morgan fingerprint density at radius 1 is 1.30 bits per heavy atom. The molecule has 6 heteroatoms. The van der Waals surface area contributed by atoms with E-state index in [1.165, 1.54) is 0 Å². The topological polar surface area (TPSA) is 75.4 Å². The van der Waals surface area contributed by atoms with E-state index in [1.54, 1.807) is 0 Å². The molecule has 1 aliphatic rings. The summed E-state index contributed by atoms with van der Waals surface area (Å²) < 4.78 is 0. The van der Waals surface area contributed by atoms with Crippen LogP contribution in [-0.2, 0) is 9.59 Å². The Kier molecular flexibility index (Phi) is 8.13. The minimum absolute atomic E-state index is 0. The third-order valence-electron chi connectivity index (χ3n) is 3.87. The summed E-state index contributed by atoms with van der Waals surface area (Å²) in [7, 11) is 0. The summed E-state index contributed by atoms with van der Waals surface area (Å²) in [4.78, 5) is 25.7. The quantitative estimate of drug-likeness (QED) is 0.818. The molecule has 0 bridgehead atoms. The van der Waals surface area contributed by atoms with Crippen LogP contribution in [0.1, 0.15) is 40.5 Å². The summed E-state index contributed by atoms with van der Waals surface area (Å²) in [5, 5.41) is 2.64. The number of carbonyl (C=O) groups excluding carboxylic acids is 2. The van der Waals surface area contributed by atoms with Crippen LogP contribution in [0, 0.1) is 11.8 Å². The van der Waals surface area contributed by atoms with Crippen molar-refractivity contribution >= 4 is 24.2 Å². The lowest BCUT2D eigenvalue weighted by molar-refractivity contribution is -0.136. The summed E-state index contributed by atoms with van der Waals surface area (Å²) in [6.45, 7) is 8.83. The third kappa shape index (κ3) is 5.29. The monoisotopic (exact) mass is 305 g/mol. The van der Waals surface area contributed by atoms with Gasteiger partial charge in [0.2, 0.25) is 11.8 Å². The van der Waals surface area contributed by atoms with Gasteiger partial charge in [-0.25, -0.2) is 0 Å². The Hall–Kier alpha value is -0.810. The van der Waals surface area contributed by atoms with Crippen LogP contribution in [0.5, 0.6) is 0 Å². The van der Waals surface area contributed by atoms with Crippen molar-refractivity contribution in [3.8, 4) is 0 Å². The summed E-state index contributed by atoms with van der Waals surface area (Å²) >= 11 is 0. The highest BCUT2D eigenvalue weighted by molar-refractivity contribution is 5.87. The molecule has 0 saturated carbocycles. The Labute approximate surface area is 128 Å². The first-order valence-electron chi connectivity index (χ1n) is 7.15. The van der Waals surface area contributed by atoms with Crippen LogP contribution in [-0.4, -0.2) is 41.9 Å². The second-order valence-corrected chi connectivity index (χ2v) is 6.07. The fourth-order valence-corrected chi connectivity index (χ4v) is 2.32. The van der Waals surface area contributed by atoms with Gasteiger partial charge in [0.15, 0.2) is 0 Å². The normalized spacial score (nSPS) is 24.0. The zero-order chi connectivity index (χ0) is 14.6. The van der Waals surface area contributed by atoms with Crippen LogP contribution in [0.2, 0.25) is 0 Å². The molecule has 0 spiro atoms. The van der Waals surface area contributed by atoms with Gasteiger partial charge >= 0.3 is 0 Å². The second kappa shape index (κ2) is 8.47. The molecule has 0 aromatic rings. The summed E-state index contributed by atoms with van der Waals surface area (Å²) in [5.41, 5.74) is 5.74. The predicted molar refractivity (Wildman–Crippen MR) is 82.6 cm³/mol. The largest absolute Gasteiger partial charge is 0.346 e. The number of carbonyl (C=O) groups is 2. The van der Waals surface area contributed by atoms with Crippen molar-refractivity contribution < 1.29 is 9.59 Å². The number of amides is 2. The molecule has 1 aliphatic heterocycles. The van der Waals surface area contributed by atoms with Crippen LogP contribution in [0.3, 0.4) is 0 Å². The van der Waals surface area contributed by atoms with Gasteiger partial charge in [0.25, 0.3) is 0 Å². The Balaban J connectivity index is 0.00000361. The van der Waals surface area contributed by atoms with Crippen molar-refractivity contribution in [2.24, 2.45) is 17.6 Å². The standard InChI is InChI=1S/C14H27N3O2.ClH/c1-9(2)13(15)14(19)16-7-12(18)17-8-10(3)5-6-11(17)4;/h9-11,13H,5-8,15H2,1-4H3,(H,16,19);1H/t10?,11?,13-;/m0./s1. The van der Waals surface area contributed by atoms with Crippen LogP contribution >= 0.6 is 12.4 Å². The first-order valence-corrected chi connectivity index (χ1v) is 7.15. The average molecular weight is 306 g/mol. The smallest absolute Gasteiger partial charge is 0.242 e. The lowest BCUT2D eigenvalue weighted by atomic mass is 9.95. The molecule has 0 aromatic carbocycles. The Morgan fingerprint density at radius 3 is 2.45 bits per heavy atom. The molecule has 0 radical (unpaired) electrons. The maximum atomic E-state index is 12.1. The molecule has 5 nitrogen and oxygen atoms in total. The number of rotatable bonds is 4. The molecule has 1 fully saturated rings. The zero-order valence-electron chi connectivity index (χ0n) is 12.9. The lowest BCUT2D eigenvalue weighted by Crippen LogP contribution is -2.51. The van der Waals surface area contributed by atoms with Crippen LogP contribution in [0.15, 0.2) is 0 Å². The minimum atomic E-state index is -0.550. The van der Waals surface area contributed by atoms with Crippen molar-refractivity contribution in [3.05, 3.63) is 0 Å². The number of nitrogens with zero attached hydrogens (tertiary/aromatic N) is 1. The van der Waals surface area contributed by atoms with Crippen molar-refractivity contribution in [3.63, 3.8) is 0 Å². The lowest BCUT2D eigenvalue weighted by Gasteiger charge is -2.37. The number of halogens is 1. The first-order chi connectivity index (χ1) is 8.82. The van der Waals surface area contributed by atoms with E-state index in [0.29, 0.717) is 5.92 Å². The van der Waals surface area contributed by atoms with Gasteiger partial charge in [0.05, 0.1) is 12.6 Å². The fraction of sp³-hybridized carbons (Fsp3) is 0.857. The van der Waals surface area contributed by atoms with Crippen molar-refractivity contribution in [2.45, 2.75) is 52.6 Å². The van der Waals surface area contributed by atoms with E-state index >= 15 is 0 Å². The van der Waals surface area contributed by atoms with Gasteiger partial charge in [-0.15, -0.1) is 12.4 Å². The first kappa shape index (κ1) is 19.2. The number of hydrogen-bond acceptors (Lipinski definition) is 3. The molecule has 3 N–H and O–H groups in total. The van der Waals surface area contributed by atoms with Gasteiger partial charge in [0, 0.05) is 12.6 Å². The average Bonchev–Trinajstić information content (AvgIpc) is 2.37. The van der Waals surface area contributed by atoms with Gasteiger partial charge < -0.3 is 16.0 Å². The summed E-state index contributed by atoms with van der Waals surface area (Å²) in [5.74, 6) is 0.349. The van der Waals surface area contributed by atoms with Gasteiger partial charge in [-0.2, -0.15) is 0 Å². The molecule has 2 unspecified atom stereocenters. The number of hydrogen-bond donors (Lipinski definition) is 2. The van der Waals surface area contributed by atoms with Crippen LogP contribution < -0.4 is 11.1 Å². The molecule has 1 heterocycles. The highest BCUT2D eigenvalue weighted by atomic mass is 35.5. The molecule has 2 amide bonds. The Bertz CT molecular complexity index is 336. The minimum Gasteiger partial charge on any atom is -0.346 e. The van der Waals surface area contributed by atoms with E-state index in [4.69, 9.17) is 5.73 Å². The van der Waals surface area contributed by atoms with E-state index in [-0.39, 0.29) is 42.7 Å². The third-order valence-corrected chi connectivity index (χ3v) is 3.87. The van der Waals surface area contributed by atoms with Crippen molar-refractivity contribution in [1.29, 1.82) is 0 Å². The van der Waals surface area contributed by atoms with E-state index in [9.17, 15) is 9.59 Å². The van der Waals surface area contributed by atoms with Gasteiger partial charge in [-0.1, -0.05) is 20.8 Å². The van der Waals surface area contributed by atoms with Gasteiger partial charge in [0.1, 0.15) is 0 Å². The van der Waals surface area contributed by atoms with Gasteiger partial charge in [-0.05, 0) is 31.6 Å². The van der Waals surface area contributed by atoms with Crippen LogP contribution in [0.25, 0.3) is 0 Å². The highest BCUT2D eigenvalue weighted by Gasteiger charge is 2.27. The molecule has 0 aliphatic carbocycles. The number of likely N-dealkylation sites (tertiary alicyclic amines) is 1. The number of nitrogens with one attached hydrogen (secondary N) is 1. The molecule has 118 valence electrons. The highest BCUT2D eigenvalue weighted by Crippen LogP contribution is 2.21. The molecule has 1 rings (SSSR count). The number of piperidine rings is 1. The molecule has 1 saturated heterocycles. The molecular weight excluding hydrogens is 278 g/mol. The maximum absolute atomic E-state index is 12.1. The maximum Gasteiger partial charge on any atom is 0.242 e. The summed E-state index contributed by atoms with van der Waals surface area (Å²) in [6, 6.07) is -0.287. The van der Waals surface area contributed by atoms with Crippen LogP contribution in [0.4, 0.5) is 0 Å². The molecule has 20 heavy (non-hydrogen) atoms. The fourth-order valence-electron chi connectivity index (χ4n) is 2.32. The molecule has 0 aromatic heterocycles. The Morgan fingerprint density at radius 2 is 1.90 bits per heavy atom.